The number of hydrogen-bond acceptors (Lipinski definition) is 6. The predicted molar refractivity (Wildman–Crippen MR) is 71.7 cm³/mol. The van der Waals surface area contributed by atoms with Crippen molar-refractivity contribution in [2.24, 2.45) is 5.73 Å². The zero-order chi connectivity index (χ0) is 15.2. The second-order valence-corrected chi connectivity index (χ2v) is 5.28. The van der Waals surface area contributed by atoms with Crippen LogP contribution in [0.15, 0.2) is 0 Å². The molecule has 1 fully saturated rings. The Hall–Kier alpha value is -1.18. The van der Waals surface area contributed by atoms with E-state index in [1.54, 1.807) is 0 Å². The van der Waals surface area contributed by atoms with Gasteiger partial charge in [0.15, 0.2) is 5.79 Å². The fourth-order valence-corrected chi connectivity index (χ4v) is 2.35. The lowest BCUT2D eigenvalue weighted by molar-refractivity contribution is -0.147. The summed E-state index contributed by atoms with van der Waals surface area (Å²) in [6.07, 6.45) is 1.49. The standard InChI is InChI=1S/C13H24N2O5/c1-13(2)19-10(11(7-14)20-13)6-9(15-8-16)4-5-12(17)18-3/h8-11H,4-7,14H2,1-3H3,(H,15,16). The molecule has 1 aliphatic rings. The van der Waals surface area contributed by atoms with Crippen molar-refractivity contribution in [2.75, 3.05) is 13.7 Å². The summed E-state index contributed by atoms with van der Waals surface area (Å²) in [4.78, 5) is 21.8. The van der Waals surface area contributed by atoms with Crippen molar-refractivity contribution >= 4 is 12.4 Å². The van der Waals surface area contributed by atoms with Crippen molar-refractivity contribution in [3.8, 4) is 0 Å². The molecule has 0 aliphatic carbocycles. The lowest BCUT2D eigenvalue weighted by Crippen LogP contribution is -2.38. The van der Waals surface area contributed by atoms with Gasteiger partial charge in [0.05, 0.1) is 19.3 Å². The van der Waals surface area contributed by atoms with Crippen LogP contribution in [0.1, 0.15) is 33.1 Å². The molecule has 0 bridgehead atoms. The molecule has 116 valence electrons. The number of methoxy groups -OCH3 is 1. The monoisotopic (exact) mass is 288 g/mol. The van der Waals surface area contributed by atoms with Gasteiger partial charge in [0.1, 0.15) is 0 Å². The molecular weight excluding hydrogens is 264 g/mol. The van der Waals surface area contributed by atoms with Gasteiger partial charge in [-0.25, -0.2) is 0 Å². The Kier molecular flexibility index (Phi) is 6.38. The number of nitrogens with two attached hydrogens (primary N) is 1. The van der Waals surface area contributed by atoms with Gasteiger partial charge >= 0.3 is 5.97 Å². The van der Waals surface area contributed by atoms with Crippen LogP contribution in [0.25, 0.3) is 0 Å². The highest BCUT2D eigenvalue weighted by Gasteiger charge is 2.41. The Labute approximate surface area is 119 Å². The predicted octanol–water partition coefficient (Wildman–Crippen LogP) is -0.0769. The fraction of sp³-hybridized carbons (Fsp3) is 0.846. The molecule has 3 unspecified atom stereocenters. The van der Waals surface area contributed by atoms with Gasteiger partial charge in [-0.2, -0.15) is 0 Å². The summed E-state index contributed by atoms with van der Waals surface area (Å²) in [5.74, 6) is -0.982. The number of carbonyl (C=O) groups excluding carboxylic acids is 2. The molecule has 0 radical (unpaired) electrons. The van der Waals surface area contributed by atoms with E-state index < -0.39 is 5.79 Å². The van der Waals surface area contributed by atoms with Crippen LogP contribution < -0.4 is 11.1 Å². The number of esters is 1. The highest BCUT2D eigenvalue weighted by atomic mass is 16.7. The summed E-state index contributed by atoms with van der Waals surface area (Å²) in [5, 5.41) is 2.70. The third-order valence-corrected chi connectivity index (χ3v) is 3.26. The molecule has 1 aliphatic heterocycles. The Morgan fingerprint density at radius 2 is 2.10 bits per heavy atom. The molecule has 0 spiro atoms. The molecule has 0 saturated carbocycles. The first-order valence-corrected chi connectivity index (χ1v) is 6.74. The Morgan fingerprint density at radius 1 is 1.45 bits per heavy atom. The minimum absolute atomic E-state index is 0.178. The van der Waals surface area contributed by atoms with Crippen molar-refractivity contribution in [1.29, 1.82) is 0 Å². The molecule has 0 aromatic rings. The molecule has 1 heterocycles. The SMILES string of the molecule is COC(=O)CCC(CC1OC(C)(C)OC1CN)NC=O. The molecule has 0 aromatic heterocycles. The summed E-state index contributed by atoms with van der Waals surface area (Å²) in [5.41, 5.74) is 5.67. The second-order valence-electron chi connectivity index (χ2n) is 5.28. The molecule has 7 nitrogen and oxygen atoms in total. The average Bonchev–Trinajstić information content (AvgIpc) is 2.70. The molecule has 1 saturated heterocycles. The van der Waals surface area contributed by atoms with Crippen LogP contribution in [-0.4, -0.2) is 50.1 Å². The van der Waals surface area contributed by atoms with E-state index in [1.807, 2.05) is 13.8 Å². The van der Waals surface area contributed by atoms with E-state index in [1.165, 1.54) is 7.11 Å². The third-order valence-electron chi connectivity index (χ3n) is 3.26. The smallest absolute Gasteiger partial charge is 0.305 e. The van der Waals surface area contributed by atoms with Gasteiger partial charge in [0.25, 0.3) is 0 Å². The van der Waals surface area contributed by atoms with Gasteiger partial charge < -0.3 is 25.3 Å². The summed E-state index contributed by atoms with van der Waals surface area (Å²) in [6, 6.07) is -0.178. The maximum atomic E-state index is 11.2. The molecule has 20 heavy (non-hydrogen) atoms. The zero-order valence-corrected chi connectivity index (χ0v) is 12.3. The van der Waals surface area contributed by atoms with E-state index in [0.717, 1.165) is 0 Å². The molecule has 3 N–H and O–H groups in total. The maximum absolute atomic E-state index is 11.2. The average molecular weight is 288 g/mol. The minimum Gasteiger partial charge on any atom is -0.469 e. The number of hydrogen-bond donors (Lipinski definition) is 2. The van der Waals surface area contributed by atoms with E-state index in [0.29, 0.717) is 25.8 Å². The lowest BCUT2D eigenvalue weighted by atomic mass is 10.0. The molecular formula is C13H24N2O5. The maximum Gasteiger partial charge on any atom is 0.305 e. The van der Waals surface area contributed by atoms with Gasteiger partial charge in [0, 0.05) is 19.0 Å². The number of amides is 1. The van der Waals surface area contributed by atoms with Crippen LogP contribution in [0.4, 0.5) is 0 Å². The fourth-order valence-electron chi connectivity index (χ4n) is 2.35. The van der Waals surface area contributed by atoms with Crippen molar-refractivity contribution in [1.82, 2.24) is 5.32 Å². The van der Waals surface area contributed by atoms with Crippen LogP contribution in [0.2, 0.25) is 0 Å². The summed E-state index contributed by atoms with van der Waals surface area (Å²) < 4.78 is 16.1. The summed E-state index contributed by atoms with van der Waals surface area (Å²) in [7, 11) is 1.34. The van der Waals surface area contributed by atoms with Crippen LogP contribution >= 0.6 is 0 Å². The van der Waals surface area contributed by atoms with E-state index in [-0.39, 0.29) is 30.6 Å². The number of nitrogens with one attached hydrogen (secondary N) is 1. The number of carbonyl (C=O) groups is 2. The van der Waals surface area contributed by atoms with Crippen molar-refractivity contribution in [3.63, 3.8) is 0 Å². The number of rotatable bonds is 8. The van der Waals surface area contributed by atoms with Gasteiger partial charge in [-0.1, -0.05) is 0 Å². The molecule has 3 atom stereocenters. The van der Waals surface area contributed by atoms with Crippen LogP contribution in [-0.2, 0) is 23.8 Å². The Bertz CT molecular complexity index is 335. The quantitative estimate of drug-likeness (QED) is 0.479. The van der Waals surface area contributed by atoms with Crippen LogP contribution in [0.3, 0.4) is 0 Å². The molecule has 1 amide bonds. The highest BCUT2D eigenvalue weighted by Crippen LogP contribution is 2.30. The largest absolute Gasteiger partial charge is 0.469 e. The first-order valence-electron chi connectivity index (χ1n) is 6.74. The van der Waals surface area contributed by atoms with Crippen molar-refractivity contribution in [2.45, 2.75) is 57.1 Å². The van der Waals surface area contributed by atoms with Gasteiger partial charge in [-0.3, -0.25) is 9.59 Å². The van der Waals surface area contributed by atoms with Crippen LogP contribution in [0.5, 0.6) is 0 Å². The van der Waals surface area contributed by atoms with E-state index in [4.69, 9.17) is 15.2 Å². The Morgan fingerprint density at radius 3 is 2.65 bits per heavy atom. The van der Waals surface area contributed by atoms with E-state index >= 15 is 0 Å². The normalized spacial score (nSPS) is 26.0. The first-order chi connectivity index (χ1) is 9.41. The summed E-state index contributed by atoms with van der Waals surface area (Å²) in [6.45, 7) is 4.00. The molecule has 0 aromatic carbocycles. The third kappa shape index (κ3) is 5.07. The van der Waals surface area contributed by atoms with Gasteiger partial charge in [-0.05, 0) is 26.7 Å². The first kappa shape index (κ1) is 16.9. The van der Waals surface area contributed by atoms with Crippen LogP contribution in [0, 0.1) is 0 Å². The van der Waals surface area contributed by atoms with E-state index in [2.05, 4.69) is 10.1 Å². The number of ether oxygens (including phenoxy) is 3. The Balaban J connectivity index is 2.55. The molecule has 1 rings (SSSR count). The zero-order valence-electron chi connectivity index (χ0n) is 12.3. The highest BCUT2D eigenvalue weighted by molar-refractivity contribution is 5.69. The van der Waals surface area contributed by atoms with Gasteiger partial charge in [0.2, 0.25) is 6.41 Å². The molecule has 7 heteroatoms. The van der Waals surface area contributed by atoms with Crippen molar-refractivity contribution < 1.29 is 23.8 Å². The minimum atomic E-state index is -0.678. The van der Waals surface area contributed by atoms with Gasteiger partial charge in [-0.15, -0.1) is 0 Å². The summed E-state index contributed by atoms with van der Waals surface area (Å²) >= 11 is 0. The second kappa shape index (κ2) is 7.56. The topological polar surface area (TPSA) is 99.9 Å². The van der Waals surface area contributed by atoms with Crippen molar-refractivity contribution in [3.05, 3.63) is 0 Å². The lowest BCUT2D eigenvalue weighted by Gasteiger charge is -2.22. The van der Waals surface area contributed by atoms with E-state index in [9.17, 15) is 9.59 Å².